The van der Waals surface area contributed by atoms with Gasteiger partial charge in [0, 0.05) is 24.8 Å². The third-order valence-electron chi connectivity index (χ3n) is 4.17. The van der Waals surface area contributed by atoms with Crippen LogP contribution in [0.5, 0.6) is 11.5 Å². The molecule has 0 aliphatic carbocycles. The highest BCUT2D eigenvalue weighted by Crippen LogP contribution is 2.30. The van der Waals surface area contributed by atoms with Crippen LogP contribution in [0.3, 0.4) is 0 Å². The van der Waals surface area contributed by atoms with Crippen molar-refractivity contribution in [3.05, 3.63) is 42.5 Å². The average molecular weight is 370 g/mol. The van der Waals surface area contributed by atoms with Gasteiger partial charge in [0.15, 0.2) is 11.5 Å². The van der Waals surface area contributed by atoms with Gasteiger partial charge in [0.25, 0.3) is 0 Å². The lowest BCUT2D eigenvalue weighted by Crippen LogP contribution is -2.48. The smallest absolute Gasteiger partial charge is 0.323 e. The van der Waals surface area contributed by atoms with Crippen LogP contribution in [0, 0.1) is 0 Å². The summed E-state index contributed by atoms with van der Waals surface area (Å²) in [6.07, 6.45) is 0. The maximum Gasteiger partial charge on any atom is 0.323 e. The molecule has 1 heterocycles. The Morgan fingerprint density at radius 2 is 1.85 bits per heavy atom. The van der Waals surface area contributed by atoms with Crippen LogP contribution in [-0.4, -0.2) is 45.8 Å². The van der Waals surface area contributed by atoms with E-state index in [0.29, 0.717) is 36.0 Å². The molecule has 3 amide bonds. The lowest BCUT2D eigenvalue weighted by atomic mass is 10.2. The summed E-state index contributed by atoms with van der Waals surface area (Å²) in [5, 5.41) is 8.41. The summed E-state index contributed by atoms with van der Waals surface area (Å²) in [6, 6.07) is 12.1. The van der Waals surface area contributed by atoms with E-state index in [1.54, 1.807) is 31.4 Å². The van der Waals surface area contributed by atoms with Gasteiger partial charge in [0.1, 0.15) is 0 Å². The minimum Gasteiger partial charge on any atom is -0.493 e. The fourth-order valence-corrected chi connectivity index (χ4v) is 2.90. The Morgan fingerprint density at radius 3 is 2.59 bits per heavy atom. The number of para-hydroxylation sites is 2. The Kier molecular flexibility index (Phi) is 5.65. The van der Waals surface area contributed by atoms with Crippen LogP contribution < -0.4 is 30.3 Å². The SMILES string of the molecule is COc1ccc(NC(=O)Nc2ccccc2N2CCNC(=O)C2)cc1OC. The summed E-state index contributed by atoms with van der Waals surface area (Å²) in [7, 11) is 3.09. The van der Waals surface area contributed by atoms with Gasteiger partial charge in [0.05, 0.1) is 32.1 Å². The van der Waals surface area contributed by atoms with Crippen LogP contribution in [-0.2, 0) is 4.79 Å². The zero-order valence-corrected chi connectivity index (χ0v) is 15.2. The molecule has 8 heteroatoms. The summed E-state index contributed by atoms with van der Waals surface area (Å²) < 4.78 is 10.4. The van der Waals surface area contributed by atoms with Crippen molar-refractivity contribution in [3.8, 4) is 11.5 Å². The van der Waals surface area contributed by atoms with Gasteiger partial charge in [-0.3, -0.25) is 4.79 Å². The summed E-state index contributed by atoms with van der Waals surface area (Å²) in [6.45, 7) is 1.52. The number of nitrogens with zero attached hydrogens (tertiary/aromatic N) is 1. The van der Waals surface area contributed by atoms with E-state index in [4.69, 9.17) is 9.47 Å². The Hall–Kier alpha value is -3.42. The molecule has 0 aromatic heterocycles. The van der Waals surface area contributed by atoms with Gasteiger partial charge >= 0.3 is 6.03 Å². The van der Waals surface area contributed by atoms with Crippen LogP contribution in [0.2, 0.25) is 0 Å². The molecule has 27 heavy (non-hydrogen) atoms. The van der Waals surface area contributed by atoms with E-state index in [0.717, 1.165) is 5.69 Å². The standard InChI is InChI=1S/C19H22N4O4/c1-26-16-8-7-13(11-17(16)27-2)21-19(25)22-14-5-3-4-6-15(14)23-10-9-20-18(24)12-23/h3-8,11H,9-10,12H2,1-2H3,(H,20,24)(H2,21,22,25). The molecule has 0 bridgehead atoms. The number of carbonyl (C=O) groups excluding carboxylic acids is 2. The molecular weight excluding hydrogens is 348 g/mol. The molecule has 0 spiro atoms. The Morgan fingerprint density at radius 1 is 1.07 bits per heavy atom. The lowest BCUT2D eigenvalue weighted by molar-refractivity contribution is -0.120. The Balaban J connectivity index is 1.72. The van der Waals surface area contributed by atoms with Crippen LogP contribution >= 0.6 is 0 Å². The molecule has 1 aliphatic heterocycles. The minimum absolute atomic E-state index is 0.0363. The van der Waals surface area contributed by atoms with E-state index in [-0.39, 0.29) is 12.5 Å². The third kappa shape index (κ3) is 4.41. The second-order valence-electron chi connectivity index (χ2n) is 5.94. The van der Waals surface area contributed by atoms with Gasteiger partial charge in [-0.15, -0.1) is 0 Å². The molecule has 2 aromatic rings. The van der Waals surface area contributed by atoms with Gasteiger partial charge in [0.2, 0.25) is 5.91 Å². The monoisotopic (exact) mass is 370 g/mol. The number of rotatable bonds is 5. The maximum atomic E-state index is 12.4. The molecule has 1 aliphatic rings. The number of anilines is 3. The van der Waals surface area contributed by atoms with E-state index >= 15 is 0 Å². The number of methoxy groups -OCH3 is 2. The minimum atomic E-state index is -0.392. The van der Waals surface area contributed by atoms with E-state index in [1.165, 1.54) is 7.11 Å². The molecular formula is C19H22N4O4. The molecule has 3 rings (SSSR count). The predicted octanol–water partition coefficient (Wildman–Crippen LogP) is 2.28. The van der Waals surface area contributed by atoms with Crippen molar-refractivity contribution >= 4 is 29.0 Å². The molecule has 0 saturated carbocycles. The summed E-state index contributed by atoms with van der Waals surface area (Å²) in [4.78, 5) is 26.0. The second kappa shape index (κ2) is 8.31. The van der Waals surface area contributed by atoms with Crippen molar-refractivity contribution < 1.29 is 19.1 Å². The number of piperazine rings is 1. The fourth-order valence-electron chi connectivity index (χ4n) is 2.90. The quantitative estimate of drug-likeness (QED) is 0.751. The van der Waals surface area contributed by atoms with Crippen LogP contribution in [0.15, 0.2) is 42.5 Å². The predicted molar refractivity (Wildman–Crippen MR) is 104 cm³/mol. The third-order valence-corrected chi connectivity index (χ3v) is 4.17. The van der Waals surface area contributed by atoms with Crippen molar-refractivity contribution in [2.75, 3.05) is 49.4 Å². The number of benzene rings is 2. The summed E-state index contributed by atoms with van der Waals surface area (Å²) in [5.41, 5.74) is 2.00. The molecule has 0 radical (unpaired) electrons. The first-order valence-corrected chi connectivity index (χ1v) is 8.51. The number of amides is 3. The van der Waals surface area contributed by atoms with Crippen molar-refractivity contribution in [1.29, 1.82) is 0 Å². The van der Waals surface area contributed by atoms with Gasteiger partial charge in [-0.1, -0.05) is 12.1 Å². The normalized spacial score (nSPS) is 13.6. The van der Waals surface area contributed by atoms with Gasteiger partial charge < -0.3 is 30.3 Å². The largest absolute Gasteiger partial charge is 0.493 e. The molecule has 1 fully saturated rings. The van der Waals surface area contributed by atoms with E-state index in [1.807, 2.05) is 23.1 Å². The molecule has 1 saturated heterocycles. The average Bonchev–Trinajstić information content (AvgIpc) is 2.68. The Labute approximate surface area is 157 Å². The lowest BCUT2D eigenvalue weighted by Gasteiger charge is -2.30. The van der Waals surface area contributed by atoms with Crippen LogP contribution in [0.4, 0.5) is 21.9 Å². The summed E-state index contributed by atoms with van der Waals surface area (Å²) >= 11 is 0. The number of hydrogen-bond acceptors (Lipinski definition) is 5. The molecule has 142 valence electrons. The number of nitrogens with one attached hydrogen (secondary N) is 3. The molecule has 0 atom stereocenters. The summed E-state index contributed by atoms with van der Waals surface area (Å²) in [5.74, 6) is 1.07. The van der Waals surface area contributed by atoms with Crippen molar-refractivity contribution in [2.45, 2.75) is 0 Å². The maximum absolute atomic E-state index is 12.4. The topological polar surface area (TPSA) is 91.9 Å². The Bertz CT molecular complexity index is 840. The van der Waals surface area contributed by atoms with Crippen molar-refractivity contribution in [2.24, 2.45) is 0 Å². The second-order valence-corrected chi connectivity index (χ2v) is 5.94. The highest BCUT2D eigenvalue weighted by molar-refractivity contribution is 6.02. The highest BCUT2D eigenvalue weighted by atomic mass is 16.5. The van der Waals surface area contributed by atoms with Crippen molar-refractivity contribution in [1.82, 2.24) is 5.32 Å². The van der Waals surface area contributed by atoms with Crippen LogP contribution in [0.25, 0.3) is 0 Å². The van der Waals surface area contributed by atoms with Crippen LogP contribution in [0.1, 0.15) is 0 Å². The fraction of sp³-hybridized carbons (Fsp3) is 0.263. The van der Waals surface area contributed by atoms with Gasteiger partial charge in [-0.05, 0) is 24.3 Å². The molecule has 2 aromatic carbocycles. The van der Waals surface area contributed by atoms with Gasteiger partial charge in [-0.25, -0.2) is 4.79 Å². The van der Waals surface area contributed by atoms with E-state index in [2.05, 4.69) is 16.0 Å². The molecule has 0 unspecified atom stereocenters. The number of carbonyl (C=O) groups is 2. The molecule has 3 N–H and O–H groups in total. The highest BCUT2D eigenvalue weighted by Gasteiger charge is 2.19. The zero-order valence-electron chi connectivity index (χ0n) is 15.2. The first-order chi connectivity index (χ1) is 13.1. The van der Waals surface area contributed by atoms with Crippen molar-refractivity contribution in [3.63, 3.8) is 0 Å². The first-order valence-electron chi connectivity index (χ1n) is 8.51. The number of hydrogen-bond donors (Lipinski definition) is 3. The first kappa shape index (κ1) is 18.4. The van der Waals surface area contributed by atoms with Gasteiger partial charge in [-0.2, -0.15) is 0 Å². The molecule has 8 nitrogen and oxygen atoms in total. The number of urea groups is 1. The van der Waals surface area contributed by atoms with E-state index in [9.17, 15) is 9.59 Å². The zero-order chi connectivity index (χ0) is 19.2. The number of ether oxygens (including phenoxy) is 2. The van der Waals surface area contributed by atoms with E-state index < -0.39 is 6.03 Å².